The maximum absolute atomic E-state index is 11.8. The van der Waals surface area contributed by atoms with Crippen molar-refractivity contribution < 1.29 is 14.7 Å². The molecule has 0 aliphatic carbocycles. The molecule has 2 N–H and O–H groups in total. The summed E-state index contributed by atoms with van der Waals surface area (Å²) in [5, 5.41) is 11.9. The Hall–Kier alpha value is -2.03. The van der Waals surface area contributed by atoms with Gasteiger partial charge in [-0.15, -0.1) is 6.42 Å². The van der Waals surface area contributed by atoms with E-state index in [-0.39, 0.29) is 25.5 Å². The van der Waals surface area contributed by atoms with Gasteiger partial charge in [0, 0.05) is 10.7 Å². The van der Waals surface area contributed by atoms with Crippen LogP contribution in [0.4, 0.5) is 5.69 Å². The molecule has 0 bridgehead atoms. The number of nitrogens with zero attached hydrogens (tertiary/aromatic N) is 1. The molecule has 1 aromatic rings. The number of benzene rings is 1. The molecule has 6 heteroatoms. The SMILES string of the molecule is C#CCN(CC(=O)O)CC(=O)Nc1ccc(C)c(Cl)c1. The van der Waals surface area contributed by atoms with Gasteiger partial charge in [0.25, 0.3) is 0 Å². The number of nitrogens with one attached hydrogen (secondary N) is 1. The number of halogens is 1. The summed E-state index contributed by atoms with van der Waals surface area (Å²) in [5.74, 6) is 0.939. The fraction of sp³-hybridized carbons (Fsp3) is 0.286. The van der Waals surface area contributed by atoms with Crippen LogP contribution < -0.4 is 5.32 Å². The van der Waals surface area contributed by atoms with Gasteiger partial charge in [0.1, 0.15) is 0 Å². The zero-order valence-electron chi connectivity index (χ0n) is 11.0. The van der Waals surface area contributed by atoms with Crippen LogP contribution in [0.5, 0.6) is 0 Å². The van der Waals surface area contributed by atoms with Gasteiger partial charge in [-0.1, -0.05) is 23.6 Å². The number of aryl methyl sites for hydroxylation is 1. The van der Waals surface area contributed by atoms with Crippen molar-refractivity contribution in [3.8, 4) is 12.3 Å². The highest BCUT2D eigenvalue weighted by Crippen LogP contribution is 2.19. The molecule has 0 radical (unpaired) electrons. The van der Waals surface area contributed by atoms with Crippen LogP contribution in [0.25, 0.3) is 0 Å². The molecular formula is C14H15ClN2O3. The highest BCUT2D eigenvalue weighted by molar-refractivity contribution is 6.31. The Kier molecular flexibility index (Phi) is 6.04. The first-order valence-electron chi connectivity index (χ1n) is 5.86. The van der Waals surface area contributed by atoms with Crippen LogP contribution in [-0.2, 0) is 9.59 Å². The Labute approximate surface area is 122 Å². The highest BCUT2D eigenvalue weighted by Gasteiger charge is 2.13. The molecule has 0 saturated heterocycles. The van der Waals surface area contributed by atoms with E-state index < -0.39 is 5.97 Å². The molecule has 20 heavy (non-hydrogen) atoms. The predicted octanol–water partition coefficient (Wildman–Crippen LogP) is 1.61. The number of amides is 1. The van der Waals surface area contributed by atoms with Crippen molar-refractivity contribution in [2.45, 2.75) is 6.92 Å². The molecular weight excluding hydrogens is 280 g/mol. The number of carbonyl (C=O) groups is 2. The van der Waals surface area contributed by atoms with Gasteiger partial charge >= 0.3 is 5.97 Å². The average molecular weight is 295 g/mol. The lowest BCUT2D eigenvalue weighted by Gasteiger charge is -2.16. The van der Waals surface area contributed by atoms with Gasteiger partial charge < -0.3 is 10.4 Å². The molecule has 0 aliphatic heterocycles. The Balaban J connectivity index is 2.63. The second-order valence-electron chi connectivity index (χ2n) is 4.26. The van der Waals surface area contributed by atoms with E-state index in [2.05, 4.69) is 11.2 Å². The molecule has 0 spiro atoms. The molecule has 0 atom stereocenters. The van der Waals surface area contributed by atoms with Gasteiger partial charge in [0.05, 0.1) is 19.6 Å². The van der Waals surface area contributed by atoms with E-state index in [4.69, 9.17) is 23.1 Å². The van der Waals surface area contributed by atoms with Crippen LogP contribution in [-0.4, -0.2) is 41.5 Å². The lowest BCUT2D eigenvalue weighted by molar-refractivity contribution is -0.138. The third-order valence-electron chi connectivity index (χ3n) is 2.50. The Morgan fingerprint density at radius 2 is 2.15 bits per heavy atom. The average Bonchev–Trinajstić information content (AvgIpc) is 2.33. The molecule has 1 aromatic carbocycles. The van der Waals surface area contributed by atoms with Crippen LogP contribution in [0.15, 0.2) is 18.2 Å². The highest BCUT2D eigenvalue weighted by atomic mass is 35.5. The molecule has 0 heterocycles. The first-order valence-corrected chi connectivity index (χ1v) is 6.23. The predicted molar refractivity (Wildman–Crippen MR) is 77.7 cm³/mol. The zero-order chi connectivity index (χ0) is 15.1. The van der Waals surface area contributed by atoms with E-state index in [0.717, 1.165) is 5.56 Å². The van der Waals surface area contributed by atoms with Gasteiger partial charge in [-0.2, -0.15) is 0 Å². The maximum atomic E-state index is 11.8. The van der Waals surface area contributed by atoms with Crippen molar-refractivity contribution >= 4 is 29.2 Å². The standard InChI is InChI=1S/C14H15ClN2O3/c1-3-6-17(9-14(19)20)8-13(18)16-11-5-4-10(2)12(15)7-11/h1,4-5,7H,6,8-9H2,2H3,(H,16,18)(H,19,20). The fourth-order valence-corrected chi connectivity index (χ4v) is 1.74. The van der Waals surface area contributed by atoms with E-state index in [9.17, 15) is 9.59 Å². The van der Waals surface area contributed by atoms with Crippen molar-refractivity contribution in [3.63, 3.8) is 0 Å². The summed E-state index contributed by atoms with van der Waals surface area (Å²) in [6.07, 6.45) is 5.14. The van der Waals surface area contributed by atoms with Crippen molar-refractivity contribution in [2.24, 2.45) is 0 Å². The second-order valence-corrected chi connectivity index (χ2v) is 4.66. The summed E-state index contributed by atoms with van der Waals surface area (Å²) in [7, 11) is 0. The van der Waals surface area contributed by atoms with Crippen molar-refractivity contribution in [3.05, 3.63) is 28.8 Å². The summed E-state index contributed by atoms with van der Waals surface area (Å²) in [6, 6.07) is 5.15. The fourth-order valence-electron chi connectivity index (χ4n) is 1.56. The number of terminal acetylenes is 1. The first-order chi connectivity index (χ1) is 9.42. The largest absolute Gasteiger partial charge is 0.480 e. The van der Waals surface area contributed by atoms with Gasteiger partial charge in [-0.3, -0.25) is 14.5 Å². The molecule has 1 rings (SSSR count). The third-order valence-corrected chi connectivity index (χ3v) is 2.90. The number of anilines is 1. The molecule has 5 nitrogen and oxygen atoms in total. The number of hydrogen-bond donors (Lipinski definition) is 2. The lowest BCUT2D eigenvalue weighted by atomic mass is 10.2. The smallest absolute Gasteiger partial charge is 0.317 e. The molecule has 106 valence electrons. The monoisotopic (exact) mass is 294 g/mol. The van der Waals surface area contributed by atoms with Gasteiger partial charge in [0.15, 0.2) is 0 Å². The van der Waals surface area contributed by atoms with Gasteiger partial charge in [0.2, 0.25) is 5.91 Å². The van der Waals surface area contributed by atoms with E-state index >= 15 is 0 Å². The van der Waals surface area contributed by atoms with Crippen molar-refractivity contribution in [1.82, 2.24) is 4.90 Å². The van der Waals surface area contributed by atoms with E-state index in [1.54, 1.807) is 18.2 Å². The zero-order valence-corrected chi connectivity index (χ0v) is 11.8. The summed E-state index contributed by atoms with van der Waals surface area (Å²) < 4.78 is 0. The summed E-state index contributed by atoms with van der Waals surface area (Å²) in [6.45, 7) is 1.57. The summed E-state index contributed by atoms with van der Waals surface area (Å²) >= 11 is 5.96. The number of carbonyl (C=O) groups excluding carboxylic acids is 1. The summed E-state index contributed by atoms with van der Waals surface area (Å²) in [5.41, 5.74) is 1.46. The van der Waals surface area contributed by atoms with Gasteiger partial charge in [-0.05, 0) is 24.6 Å². The first kappa shape index (κ1) is 16.0. The molecule has 0 unspecified atom stereocenters. The second kappa shape index (κ2) is 7.53. The number of hydrogen-bond acceptors (Lipinski definition) is 3. The quantitative estimate of drug-likeness (QED) is 0.782. The Bertz CT molecular complexity index is 552. The van der Waals surface area contributed by atoms with Crippen molar-refractivity contribution in [2.75, 3.05) is 25.0 Å². The van der Waals surface area contributed by atoms with Crippen LogP contribution in [0.2, 0.25) is 5.02 Å². The minimum Gasteiger partial charge on any atom is -0.480 e. The molecule has 1 amide bonds. The number of rotatable bonds is 6. The van der Waals surface area contributed by atoms with E-state index in [0.29, 0.717) is 10.7 Å². The van der Waals surface area contributed by atoms with Gasteiger partial charge in [-0.25, -0.2) is 0 Å². The summed E-state index contributed by atoms with van der Waals surface area (Å²) in [4.78, 5) is 23.8. The van der Waals surface area contributed by atoms with Crippen LogP contribution in [0.1, 0.15) is 5.56 Å². The van der Waals surface area contributed by atoms with Crippen LogP contribution >= 0.6 is 11.6 Å². The molecule has 0 fully saturated rings. The van der Waals surface area contributed by atoms with Crippen LogP contribution in [0.3, 0.4) is 0 Å². The van der Waals surface area contributed by atoms with Crippen molar-refractivity contribution in [1.29, 1.82) is 0 Å². The molecule has 0 aromatic heterocycles. The number of aliphatic carboxylic acids is 1. The number of carboxylic acids is 1. The maximum Gasteiger partial charge on any atom is 0.317 e. The molecule has 0 aliphatic rings. The minimum absolute atomic E-state index is 0.0916. The van der Waals surface area contributed by atoms with E-state index in [1.807, 2.05) is 6.92 Å². The normalized spacial score (nSPS) is 10.1. The molecule has 0 saturated carbocycles. The topological polar surface area (TPSA) is 69.6 Å². The third kappa shape index (κ3) is 5.31. The Morgan fingerprint density at radius 1 is 1.45 bits per heavy atom. The Morgan fingerprint density at radius 3 is 2.70 bits per heavy atom. The number of carboxylic acid groups (broad SMARTS) is 1. The minimum atomic E-state index is -1.04. The lowest BCUT2D eigenvalue weighted by Crippen LogP contribution is -2.37. The van der Waals surface area contributed by atoms with Crippen LogP contribution in [0, 0.1) is 19.3 Å². The van der Waals surface area contributed by atoms with E-state index in [1.165, 1.54) is 4.90 Å².